The lowest BCUT2D eigenvalue weighted by Crippen LogP contribution is -2.53. The number of likely N-dealkylation sites (tertiary alicyclic amines) is 1. The molecule has 3 fully saturated rings. The van der Waals surface area contributed by atoms with Crippen LogP contribution in [-0.2, 0) is 14.4 Å². The predicted molar refractivity (Wildman–Crippen MR) is 89.2 cm³/mol. The van der Waals surface area contributed by atoms with E-state index in [9.17, 15) is 14.4 Å². The minimum absolute atomic E-state index is 0.0466. The molecule has 0 atom stereocenters. The molecule has 2 aliphatic heterocycles. The van der Waals surface area contributed by atoms with E-state index in [-0.39, 0.29) is 23.6 Å². The van der Waals surface area contributed by atoms with Gasteiger partial charge >= 0.3 is 0 Å². The molecule has 2 saturated heterocycles. The van der Waals surface area contributed by atoms with Gasteiger partial charge in [0.2, 0.25) is 17.7 Å². The van der Waals surface area contributed by atoms with Crippen LogP contribution >= 0.6 is 0 Å². The Kier molecular flexibility index (Phi) is 5.38. The third kappa shape index (κ3) is 4.47. The van der Waals surface area contributed by atoms with Gasteiger partial charge in [0.25, 0.3) is 0 Å². The van der Waals surface area contributed by atoms with Crippen LogP contribution in [0.15, 0.2) is 0 Å². The van der Waals surface area contributed by atoms with Crippen LogP contribution in [0, 0.1) is 5.92 Å². The van der Waals surface area contributed by atoms with Gasteiger partial charge in [-0.1, -0.05) is 0 Å². The molecule has 3 aliphatic rings. The molecule has 0 unspecified atom stereocenters. The highest BCUT2D eigenvalue weighted by molar-refractivity contribution is 5.80. The van der Waals surface area contributed by atoms with E-state index in [1.54, 1.807) is 6.92 Å². The van der Waals surface area contributed by atoms with Crippen LogP contribution in [0.5, 0.6) is 0 Å². The summed E-state index contributed by atoms with van der Waals surface area (Å²) in [4.78, 5) is 41.7. The number of hydrogen-bond donors (Lipinski definition) is 1. The predicted octanol–water partition coefficient (Wildman–Crippen LogP) is -0.332. The smallest absolute Gasteiger partial charge is 0.234 e. The summed E-state index contributed by atoms with van der Waals surface area (Å²) < 4.78 is 0. The van der Waals surface area contributed by atoms with Gasteiger partial charge < -0.3 is 15.1 Å². The van der Waals surface area contributed by atoms with Crippen molar-refractivity contribution in [3.8, 4) is 0 Å². The van der Waals surface area contributed by atoms with Crippen LogP contribution in [0.4, 0.5) is 0 Å². The molecule has 134 valence electrons. The molecule has 0 radical (unpaired) electrons. The number of rotatable bonds is 4. The van der Waals surface area contributed by atoms with Crippen molar-refractivity contribution in [3.63, 3.8) is 0 Å². The Morgan fingerprint density at radius 2 is 1.50 bits per heavy atom. The van der Waals surface area contributed by atoms with E-state index < -0.39 is 0 Å². The summed E-state index contributed by atoms with van der Waals surface area (Å²) in [6.07, 6.45) is 3.75. The van der Waals surface area contributed by atoms with Crippen LogP contribution in [0.2, 0.25) is 0 Å². The largest absolute Gasteiger partial charge is 0.352 e. The standard InChI is InChI=1S/C17H28N4O3/c1-13(22)20-6-4-14(5-7-20)17(24)21-10-8-19(9-11-21)12-16(23)18-15-2-3-15/h14-15H,2-12H2,1H3,(H,18,23). The number of nitrogens with zero attached hydrogens (tertiary/aromatic N) is 3. The Hall–Kier alpha value is -1.63. The van der Waals surface area contributed by atoms with E-state index in [1.165, 1.54) is 0 Å². The highest BCUT2D eigenvalue weighted by Gasteiger charge is 2.31. The van der Waals surface area contributed by atoms with Gasteiger partial charge in [-0.2, -0.15) is 0 Å². The Morgan fingerprint density at radius 3 is 2.04 bits per heavy atom. The minimum atomic E-state index is 0.0466. The van der Waals surface area contributed by atoms with Crippen molar-refractivity contribution < 1.29 is 14.4 Å². The summed E-state index contributed by atoms with van der Waals surface area (Å²) in [5.74, 6) is 0.471. The van der Waals surface area contributed by atoms with Crippen LogP contribution in [0.3, 0.4) is 0 Å². The maximum absolute atomic E-state index is 12.6. The van der Waals surface area contributed by atoms with Crippen molar-refractivity contribution in [1.29, 1.82) is 0 Å². The number of hydrogen-bond acceptors (Lipinski definition) is 4. The normalized spacial score (nSPS) is 23.2. The molecule has 24 heavy (non-hydrogen) atoms. The number of piperazine rings is 1. The van der Waals surface area contributed by atoms with Gasteiger partial charge in [-0.25, -0.2) is 0 Å². The van der Waals surface area contributed by atoms with Crippen LogP contribution in [0.1, 0.15) is 32.6 Å². The van der Waals surface area contributed by atoms with Gasteiger partial charge in [0.05, 0.1) is 6.54 Å². The zero-order chi connectivity index (χ0) is 17.1. The monoisotopic (exact) mass is 336 g/mol. The van der Waals surface area contributed by atoms with E-state index in [0.717, 1.165) is 38.8 Å². The SMILES string of the molecule is CC(=O)N1CCC(C(=O)N2CCN(CC(=O)NC3CC3)CC2)CC1. The first-order chi connectivity index (χ1) is 11.5. The average molecular weight is 336 g/mol. The van der Waals surface area contributed by atoms with Gasteiger partial charge in [0.15, 0.2) is 0 Å². The fraction of sp³-hybridized carbons (Fsp3) is 0.824. The number of carbonyl (C=O) groups is 3. The van der Waals surface area contributed by atoms with Crippen molar-refractivity contribution >= 4 is 17.7 Å². The second kappa shape index (κ2) is 7.51. The van der Waals surface area contributed by atoms with E-state index in [1.807, 2.05) is 9.80 Å². The lowest BCUT2D eigenvalue weighted by atomic mass is 9.95. The number of piperidine rings is 1. The number of amides is 3. The summed E-state index contributed by atoms with van der Waals surface area (Å²) in [5, 5.41) is 3.01. The molecule has 0 aromatic heterocycles. The van der Waals surface area contributed by atoms with Crippen LogP contribution < -0.4 is 5.32 Å². The van der Waals surface area contributed by atoms with Gasteiger partial charge in [-0.3, -0.25) is 19.3 Å². The Labute approximate surface area is 143 Å². The first kappa shape index (κ1) is 17.2. The van der Waals surface area contributed by atoms with Crippen molar-refractivity contribution in [2.45, 2.75) is 38.6 Å². The van der Waals surface area contributed by atoms with Gasteiger partial charge in [-0.05, 0) is 25.7 Å². The van der Waals surface area contributed by atoms with Crippen molar-refractivity contribution in [1.82, 2.24) is 20.0 Å². The van der Waals surface area contributed by atoms with E-state index in [4.69, 9.17) is 0 Å². The maximum atomic E-state index is 12.6. The summed E-state index contributed by atoms with van der Waals surface area (Å²) in [6.45, 7) is 6.31. The Bertz CT molecular complexity index is 490. The topological polar surface area (TPSA) is 73.0 Å². The molecule has 0 aromatic carbocycles. The second-order valence-electron chi connectivity index (χ2n) is 7.22. The third-order valence-corrected chi connectivity index (χ3v) is 5.28. The molecule has 0 bridgehead atoms. The lowest BCUT2D eigenvalue weighted by Gasteiger charge is -2.38. The molecular weight excluding hydrogens is 308 g/mol. The maximum Gasteiger partial charge on any atom is 0.234 e. The molecule has 7 heteroatoms. The minimum Gasteiger partial charge on any atom is -0.352 e. The van der Waals surface area contributed by atoms with E-state index in [2.05, 4.69) is 10.2 Å². The molecule has 0 spiro atoms. The fourth-order valence-corrected chi connectivity index (χ4v) is 3.53. The molecule has 3 amide bonds. The molecule has 7 nitrogen and oxygen atoms in total. The molecule has 1 N–H and O–H groups in total. The number of carbonyl (C=O) groups excluding carboxylic acids is 3. The van der Waals surface area contributed by atoms with E-state index >= 15 is 0 Å². The first-order valence-corrected chi connectivity index (χ1v) is 9.09. The van der Waals surface area contributed by atoms with Crippen molar-refractivity contribution in [2.24, 2.45) is 5.92 Å². The molecule has 2 heterocycles. The van der Waals surface area contributed by atoms with Crippen molar-refractivity contribution in [3.05, 3.63) is 0 Å². The van der Waals surface area contributed by atoms with Crippen molar-refractivity contribution in [2.75, 3.05) is 45.8 Å². The summed E-state index contributed by atoms with van der Waals surface area (Å²) in [6, 6.07) is 0.404. The third-order valence-electron chi connectivity index (χ3n) is 5.28. The zero-order valence-corrected chi connectivity index (χ0v) is 14.5. The fourth-order valence-electron chi connectivity index (χ4n) is 3.53. The molecule has 1 saturated carbocycles. The highest BCUT2D eigenvalue weighted by Crippen LogP contribution is 2.21. The van der Waals surface area contributed by atoms with Gasteiger partial charge in [-0.15, -0.1) is 0 Å². The molecular formula is C17H28N4O3. The van der Waals surface area contributed by atoms with Crippen LogP contribution in [0.25, 0.3) is 0 Å². The Morgan fingerprint density at radius 1 is 0.875 bits per heavy atom. The quantitative estimate of drug-likeness (QED) is 0.763. The molecule has 0 aromatic rings. The number of nitrogens with one attached hydrogen (secondary N) is 1. The summed E-state index contributed by atoms with van der Waals surface area (Å²) in [5.41, 5.74) is 0. The van der Waals surface area contributed by atoms with Crippen LogP contribution in [-0.4, -0.2) is 84.3 Å². The summed E-state index contributed by atoms with van der Waals surface area (Å²) >= 11 is 0. The molecule has 1 aliphatic carbocycles. The first-order valence-electron chi connectivity index (χ1n) is 9.09. The van der Waals surface area contributed by atoms with Gasteiger partial charge in [0, 0.05) is 58.2 Å². The second-order valence-corrected chi connectivity index (χ2v) is 7.22. The van der Waals surface area contributed by atoms with E-state index in [0.29, 0.717) is 38.8 Å². The average Bonchev–Trinajstić information content (AvgIpc) is 3.39. The molecule has 3 rings (SSSR count). The highest BCUT2D eigenvalue weighted by atomic mass is 16.2. The lowest BCUT2D eigenvalue weighted by molar-refractivity contribution is -0.141. The Balaban J connectivity index is 1.38. The summed E-state index contributed by atoms with van der Waals surface area (Å²) in [7, 11) is 0. The van der Waals surface area contributed by atoms with Gasteiger partial charge in [0.1, 0.15) is 0 Å². The zero-order valence-electron chi connectivity index (χ0n) is 14.5.